The lowest BCUT2D eigenvalue weighted by atomic mass is 10.1. The molecule has 1 aromatic carbocycles. The minimum absolute atomic E-state index is 0.237. The summed E-state index contributed by atoms with van der Waals surface area (Å²) in [6.07, 6.45) is 6.93. The first-order chi connectivity index (χ1) is 11.6. The Bertz CT molecular complexity index is 697. The Morgan fingerprint density at radius 1 is 1.21 bits per heavy atom. The molecule has 0 amide bonds. The van der Waals surface area contributed by atoms with E-state index < -0.39 is 0 Å². The number of allylic oxidation sites excluding steroid dienone is 1. The van der Waals surface area contributed by atoms with E-state index in [4.69, 9.17) is 13.9 Å². The first-order valence-electron chi connectivity index (χ1n) is 7.63. The van der Waals surface area contributed by atoms with Crippen LogP contribution < -0.4 is 9.47 Å². The number of ether oxygens (including phenoxy) is 2. The minimum Gasteiger partial charge on any atom is -0.490 e. The van der Waals surface area contributed by atoms with Crippen LogP contribution in [-0.4, -0.2) is 24.9 Å². The van der Waals surface area contributed by atoms with E-state index in [1.165, 1.54) is 13.3 Å². The first kappa shape index (κ1) is 17.6. The Balaban J connectivity index is 2.01. The van der Waals surface area contributed by atoms with Crippen molar-refractivity contribution < 1.29 is 18.7 Å². The summed E-state index contributed by atoms with van der Waals surface area (Å²) in [4.78, 5) is 8.74. The average molecular weight is 330 g/mol. The van der Waals surface area contributed by atoms with Gasteiger partial charge in [0, 0.05) is 0 Å². The largest absolute Gasteiger partial charge is 0.490 e. The van der Waals surface area contributed by atoms with Gasteiger partial charge in [0.1, 0.15) is 31.4 Å². The van der Waals surface area contributed by atoms with Crippen LogP contribution in [0.5, 0.6) is 11.5 Å². The van der Waals surface area contributed by atoms with Crippen molar-refractivity contribution in [2.45, 2.75) is 27.4 Å². The van der Waals surface area contributed by atoms with E-state index in [9.17, 15) is 0 Å². The molecule has 0 fully saturated rings. The molecule has 0 aliphatic rings. The predicted molar refractivity (Wildman–Crippen MR) is 91.7 cm³/mol. The molecule has 0 aliphatic heterocycles. The quantitative estimate of drug-likeness (QED) is 0.418. The number of hydrogen-bond acceptors (Lipinski definition) is 6. The Hall–Kier alpha value is -2.76. The molecular formula is C18H22N2O4. The Kier molecular flexibility index (Phi) is 6.42. The lowest BCUT2D eigenvalue weighted by Crippen LogP contribution is -2.01. The van der Waals surface area contributed by atoms with Gasteiger partial charge in [-0.15, -0.1) is 0 Å². The SMILES string of the molecule is C/C=C/COc1cc(C)c(OCc2ncc(/C=N/OC)o2)c(C)c1. The molecule has 0 bridgehead atoms. The Morgan fingerprint density at radius 2 is 1.96 bits per heavy atom. The number of benzene rings is 1. The van der Waals surface area contributed by atoms with Crippen LogP contribution in [0.3, 0.4) is 0 Å². The molecule has 0 spiro atoms. The average Bonchev–Trinajstić information content (AvgIpc) is 3.00. The highest BCUT2D eigenvalue weighted by Crippen LogP contribution is 2.29. The van der Waals surface area contributed by atoms with Crippen molar-refractivity contribution >= 4 is 6.21 Å². The summed E-state index contributed by atoms with van der Waals surface area (Å²) < 4.78 is 17.0. The summed E-state index contributed by atoms with van der Waals surface area (Å²) in [6.45, 7) is 6.72. The highest BCUT2D eigenvalue weighted by molar-refractivity contribution is 5.74. The molecule has 0 N–H and O–H groups in total. The fourth-order valence-electron chi connectivity index (χ4n) is 2.15. The van der Waals surface area contributed by atoms with Crippen LogP contribution in [0.4, 0.5) is 0 Å². The van der Waals surface area contributed by atoms with E-state index in [0.29, 0.717) is 18.3 Å². The molecule has 0 unspecified atom stereocenters. The standard InChI is InChI=1S/C18H22N2O4/c1-5-6-7-22-15-8-13(2)18(14(3)9-15)23-12-17-19-10-16(24-17)11-20-21-4/h5-6,8-11H,7,12H2,1-4H3/b6-5+,20-11+. The molecule has 0 saturated carbocycles. The number of aromatic nitrogens is 1. The highest BCUT2D eigenvalue weighted by atomic mass is 16.6. The van der Waals surface area contributed by atoms with E-state index in [-0.39, 0.29) is 6.61 Å². The van der Waals surface area contributed by atoms with Crippen molar-refractivity contribution in [3.8, 4) is 11.5 Å². The van der Waals surface area contributed by atoms with Gasteiger partial charge in [0.15, 0.2) is 12.4 Å². The third kappa shape index (κ3) is 4.87. The number of hydrogen-bond donors (Lipinski definition) is 0. The zero-order valence-corrected chi connectivity index (χ0v) is 14.4. The molecule has 0 saturated heterocycles. The number of oxazole rings is 1. The van der Waals surface area contributed by atoms with Crippen molar-refractivity contribution in [3.05, 3.63) is 53.3 Å². The predicted octanol–water partition coefficient (Wildman–Crippen LogP) is 3.81. The summed E-state index contributed by atoms with van der Waals surface area (Å²) in [5.74, 6) is 2.61. The summed E-state index contributed by atoms with van der Waals surface area (Å²) in [5.41, 5.74) is 2.00. The summed E-state index contributed by atoms with van der Waals surface area (Å²) in [7, 11) is 1.47. The van der Waals surface area contributed by atoms with Gasteiger partial charge in [-0.25, -0.2) is 4.98 Å². The summed E-state index contributed by atoms with van der Waals surface area (Å²) in [5, 5.41) is 3.62. The first-order valence-corrected chi connectivity index (χ1v) is 7.63. The van der Waals surface area contributed by atoms with Gasteiger partial charge in [0.05, 0.1) is 6.20 Å². The van der Waals surface area contributed by atoms with Crippen molar-refractivity contribution in [2.75, 3.05) is 13.7 Å². The van der Waals surface area contributed by atoms with Gasteiger partial charge < -0.3 is 18.7 Å². The second-order valence-electron chi connectivity index (χ2n) is 5.13. The fraction of sp³-hybridized carbons (Fsp3) is 0.333. The Labute approximate surface area is 141 Å². The van der Waals surface area contributed by atoms with Gasteiger partial charge in [0.2, 0.25) is 5.89 Å². The van der Waals surface area contributed by atoms with Crippen LogP contribution in [0.15, 0.2) is 40.1 Å². The van der Waals surface area contributed by atoms with Crippen LogP contribution in [0.25, 0.3) is 0 Å². The van der Waals surface area contributed by atoms with Crippen LogP contribution in [0.1, 0.15) is 29.7 Å². The fourth-order valence-corrected chi connectivity index (χ4v) is 2.15. The van der Waals surface area contributed by atoms with E-state index in [1.807, 2.05) is 45.1 Å². The smallest absolute Gasteiger partial charge is 0.232 e. The molecule has 128 valence electrons. The molecule has 0 radical (unpaired) electrons. The monoisotopic (exact) mass is 330 g/mol. The summed E-state index contributed by atoms with van der Waals surface area (Å²) in [6, 6.07) is 3.91. The third-order valence-electron chi connectivity index (χ3n) is 3.21. The normalized spacial score (nSPS) is 11.3. The third-order valence-corrected chi connectivity index (χ3v) is 3.21. The van der Waals surface area contributed by atoms with Crippen molar-refractivity contribution in [1.29, 1.82) is 0 Å². The van der Waals surface area contributed by atoms with E-state index in [0.717, 1.165) is 22.6 Å². The maximum Gasteiger partial charge on any atom is 0.232 e. The van der Waals surface area contributed by atoms with E-state index in [2.05, 4.69) is 15.0 Å². The number of aryl methyl sites for hydroxylation is 2. The van der Waals surface area contributed by atoms with Gasteiger partial charge in [-0.2, -0.15) is 0 Å². The molecule has 6 heteroatoms. The zero-order chi connectivity index (χ0) is 17.4. The molecule has 0 atom stereocenters. The molecule has 1 heterocycles. The maximum absolute atomic E-state index is 5.85. The number of rotatable bonds is 8. The maximum atomic E-state index is 5.85. The van der Waals surface area contributed by atoms with Gasteiger partial charge in [0.25, 0.3) is 0 Å². The topological polar surface area (TPSA) is 66.1 Å². The van der Waals surface area contributed by atoms with Crippen molar-refractivity contribution in [1.82, 2.24) is 4.98 Å². The second-order valence-corrected chi connectivity index (χ2v) is 5.13. The molecule has 2 aromatic rings. The van der Waals surface area contributed by atoms with Crippen LogP contribution in [0, 0.1) is 13.8 Å². The minimum atomic E-state index is 0.237. The lowest BCUT2D eigenvalue weighted by Gasteiger charge is -2.13. The zero-order valence-electron chi connectivity index (χ0n) is 14.4. The number of oxime groups is 1. The van der Waals surface area contributed by atoms with Crippen LogP contribution in [0.2, 0.25) is 0 Å². The molecule has 6 nitrogen and oxygen atoms in total. The highest BCUT2D eigenvalue weighted by Gasteiger charge is 2.10. The summed E-state index contributed by atoms with van der Waals surface area (Å²) >= 11 is 0. The van der Waals surface area contributed by atoms with Crippen molar-refractivity contribution in [2.24, 2.45) is 5.16 Å². The van der Waals surface area contributed by atoms with Gasteiger partial charge in [-0.05, 0) is 44.0 Å². The second kappa shape index (κ2) is 8.76. The van der Waals surface area contributed by atoms with E-state index in [1.54, 1.807) is 6.20 Å². The lowest BCUT2D eigenvalue weighted by molar-refractivity contribution is 0.214. The molecular weight excluding hydrogens is 308 g/mol. The molecule has 0 aliphatic carbocycles. The van der Waals surface area contributed by atoms with E-state index >= 15 is 0 Å². The number of nitrogens with zero attached hydrogens (tertiary/aromatic N) is 2. The van der Waals surface area contributed by atoms with Gasteiger partial charge in [-0.1, -0.05) is 17.3 Å². The van der Waals surface area contributed by atoms with Crippen LogP contribution in [-0.2, 0) is 11.4 Å². The molecule has 1 aromatic heterocycles. The van der Waals surface area contributed by atoms with Crippen LogP contribution >= 0.6 is 0 Å². The molecule has 24 heavy (non-hydrogen) atoms. The Morgan fingerprint density at radius 3 is 2.62 bits per heavy atom. The van der Waals surface area contributed by atoms with Gasteiger partial charge in [-0.3, -0.25) is 0 Å². The van der Waals surface area contributed by atoms with Crippen molar-refractivity contribution in [3.63, 3.8) is 0 Å². The van der Waals surface area contributed by atoms with Gasteiger partial charge >= 0.3 is 0 Å². The molecule has 2 rings (SSSR count).